The molecule has 0 aliphatic carbocycles. The van der Waals surface area contributed by atoms with Crippen molar-refractivity contribution in [2.24, 2.45) is 0 Å². The molecule has 0 radical (unpaired) electrons. The fraction of sp³-hybridized carbons (Fsp3) is 0.182. The Labute approximate surface area is 158 Å². The van der Waals surface area contributed by atoms with Gasteiger partial charge in [-0.25, -0.2) is 4.98 Å². The van der Waals surface area contributed by atoms with E-state index in [1.807, 2.05) is 48.0 Å². The highest BCUT2D eigenvalue weighted by molar-refractivity contribution is 5.99. The van der Waals surface area contributed by atoms with Crippen molar-refractivity contribution >= 4 is 16.8 Å². The molecule has 5 nitrogen and oxygen atoms in total. The van der Waals surface area contributed by atoms with Crippen molar-refractivity contribution in [3.63, 3.8) is 0 Å². The van der Waals surface area contributed by atoms with Crippen LogP contribution in [0, 0.1) is 13.8 Å². The summed E-state index contributed by atoms with van der Waals surface area (Å²) in [5.74, 6) is -0.0624. The molecule has 1 amide bonds. The molecule has 2 aromatic carbocycles. The minimum absolute atomic E-state index is 0.0624. The van der Waals surface area contributed by atoms with Crippen molar-refractivity contribution in [2.45, 2.75) is 26.9 Å². The molecular formula is C22H22N4O. The molecule has 0 aliphatic heterocycles. The molecule has 2 heterocycles. The Morgan fingerprint density at radius 2 is 1.96 bits per heavy atom. The number of hydrogen-bond acceptors (Lipinski definition) is 2. The van der Waals surface area contributed by atoms with E-state index < -0.39 is 0 Å². The first-order valence-electron chi connectivity index (χ1n) is 9.01. The van der Waals surface area contributed by atoms with Gasteiger partial charge in [-0.15, -0.1) is 0 Å². The van der Waals surface area contributed by atoms with Crippen LogP contribution in [0.1, 0.15) is 32.7 Å². The predicted octanol–water partition coefficient (Wildman–Crippen LogP) is 3.96. The first-order chi connectivity index (χ1) is 13.1. The molecule has 4 rings (SSSR count). The molecule has 136 valence electrons. The second-order valence-corrected chi connectivity index (χ2v) is 6.82. The van der Waals surface area contributed by atoms with E-state index in [0.717, 1.165) is 28.7 Å². The van der Waals surface area contributed by atoms with Crippen molar-refractivity contribution < 1.29 is 4.79 Å². The molecule has 0 unspecified atom stereocenters. The largest absolute Gasteiger partial charge is 0.358 e. The first kappa shape index (κ1) is 17.1. The number of imidazole rings is 1. The van der Waals surface area contributed by atoms with Gasteiger partial charge in [-0.05, 0) is 48.7 Å². The standard InChI is InChI=1S/C22H22N4O/c1-15-16(2)25-21-8-7-17(11-20(15)21)22(27)24-12-18-5-3-4-6-19(18)13-26-10-9-23-14-26/h3-11,14,25H,12-13H2,1-2H3,(H,24,27). The Morgan fingerprint density at radius 1 is 1.15 bits per heavy atom. The van der Waals surface area contributed by atoms with Crippen molar-refractivity contribution in [2.75, 3.05) is 0 Å². The number of H-pyrrole nitrogens is 1. The van der Waals surface area contributed by atoms with E-state index in [0.29, 0.717) is 12.1 Å². The highest BCUT2D eigenvalue weighted by Crippen LogP contribution is 2.22. The Hall–Kier alpha value is -3.34. The summed E-state index contributed by atoms with van der Waals surface area (Å²) in [6.45, 7) is 5.35. The molecule has 0 saturated heterocycles. The van der Waals surface area contributed by atoms with Crippen LogP contribution in [0.25, 0.3) is 10.9 Å². The summed E-state index contributed by atoms with van der Waals surface area (Å²) < 4.78 is 2.02. The van der Waals surface area contributed by atoms with Crippen molar-refractivity contribution in [3.8, 4) is 0 Å². The molecule has 0 aliphatic rings. The van der Waals surface area contributed by atoms with Gasteiger partial charge in [0.1, 0.15) is 0 Å². The number of carbonyl (C=O) groups excluding carboxylic acids is 1. The van der Waals surface area contributed by atoms with E-state index in [1.165, 1.54) is 11.1 Å². The van der Waals surface area contributed by atoms with Crippen LogP contribution >= 0.6 is 0 Å². The van der Waals surface area contributed by atoms with E-state index in [4.69, 9.17) is 0 Å². The number of benzene rings is 2. The van der Waals surface area contributed by atoms with Gasteiger partial charge in [0.25, 0.3) is 5.91 Å². The number of nitrogens with one attached hydrogen (secondary N) is 2. The van der Waals surface area contributed by atoms with Gasteiger partial charge in [-0.1, -0.05) is 24.3 Å². The highest BCUT2D eigenvalue weighted by Gasteiger charge is 2.11. The quantitative estimate of drug-likeness (QED) is 0.567. The number of rotatable bonds is 5. The smallest absolute Gasteiger partial charge is 0.251 e. The maximum Gasteiger partial charge on any atom is 0.251 e. The molecule has 0 bridgehead atoms. The Kier molecular flexibility index (Phi) is 4.50. The molecule has 27 heavy (non-hydrogen) atoms. The van der Waals surface area contributed by atoms with Crippen LogP contribution in [-0.4, -0.2) is 20.4 Å². The zero-order valence-corrected chi connectivity index (χ0v) is 15.5. The van der Waals surface area contributed by atoms with Crippen LogP contribution in [0.5, 0.6) is 0 Å². The fourth-order valence-electron chi connectivity index (χ4n) is 3.34. The van der Waals surface area contributed by atoms with E-state index in [1.54, 1.807) is 12.5 Å². The second kappa shape index (κ2) is 7.11. The first-order valence-corrected chi connectivity index (χ1v) is 9.01. The van der Waals surface area contributed by atoms with Gasteiger partial charge in [0.2, 0.25) is 0 Å². The maximum absolute atomic E-state index is 12.7. The molecule has 2 N–H and O–H groups in total. The predicted molar refractivity (Wildman–Crippen MR) is 107 cm³/mol. The van der Waals surface area contributed by atoms with Crippen LogP contribution in [0.3, 0.4) is 0 Å². The molecule has 4 aromatic rings. The molecule has 0 spiro atoms. The van der Waals surface area contributed by atoms with Crippen LogP contribution < -0.4 is 5.32 Å². The average molecular weight is 358 g/mol. The SMILES string of the molecule is Cc1[nH]c2ccc(C(=O)NCc3ccccc3Cn3ccnc3)cc2c1C. The number of fused-ring (bicyclic) bond motifs is 1. The van der Waals surface area contributed by atoms with Gasteiger partial charge in [-0.3, -0.25) is 4.79 Å². The lowest BCUT2D eigenvalue weighted by Crippen LogP contribution is -2.23. The van der Waals surface area contributed by atoms with Crippen LogP contribution in [-0.2, 0) is 13.1 Å². The van der Waals surface area contributed by atoms with Crippen molar-refractivity contribution in [1.29, 1.82) is 0 Å². The molecule has 0 fully saturated rings. The lowest BCUT2D eigenvalue weighted by molar-refractivity contribution is 0.0951. The topological polar surface area (TPSA) is 62.7 Å². The molecule has 0 atom stereocenters. The van der Waals surface area contributed by atoms with Crippen molar-refractivity contribution in [1.82, 2.24) is 19.9 Å². The van der Waals surface area contributed by atoms with Crippen LogP contribution in [0.15, 0.2) is 61.2 Å². The van der Waals surface area contributed by atoms with Crippen LogP contribution in [0.4, 0.5) is 0 Å². The summed E-state index contributed by atoms with van der Waals surface area (Å²) >= 11 is 0. The number of aromatic amines is 1. The number of carbonyl (C=O) groups is 1. The minimum atomic E-state index is -0.0624. The van der Waals surface area contributed by atoms with E-state index in [9.17, 15) is 4.79 Å². The third-order valence-corrected chi connectivity index (χ3v) is 5.04. The third-order valence-electron chi connectivity index (χ3n) is 5.04. The zero-order chi connectivity index (χ0) is 18.8. The van der Waals surface area contributed by atoms with E-state index >= 15 is 0 Å². The Balaban J connectivity index is 1.50. The van der Waals surface area contributed by atoms with Gasteiger partial charge in [-0.2, -0.15) is 0 Å². The fourth-order valence-corrected chi connectivity index (χ4v) is 3.34. The maximum atomic E-state index is 12.7. The van der Waals surface area contributed by atoms with E-state index in [2.05, 4.69) is 34.3 Å². The summed E-state index contributed by atoms with van der Waals surface area (Å²) in [5, 5.41) is 4.15. The Bertz CT molecular complexity index is 1090. The number of amides is 1. The number of aryl methyl sites for hydroxylation is 2. The summed E-state index contributed by atoms with van der Waals surface area (Å²) in [4.78, 5) is 20.1. The lowest BCUT2D eigenvalue weighted by atomic mass is 10.1. The summed E-state index contributed by atoms with van der Waals surface area (Å²) in [5.41, 5.74) is 6.34. The minimum Gasteiger partial charge on any atom is -0.358 e. The molecule has 5 heteroatoms. The summed E-state index contributed by atoms with van der Waals surface area (Å²) in [6.07, 6.45) is 5.50. The molecule has 0 saturated carbocycles. The molecule has 2 aromatic heterocycles. The monoisotopic (exact) mass is 358 g/mol. The van der Waals surface area contributed by atoms with E-state index in [-0.39, 0.29) is 5.91 Å². The number of nitrogens with zero attached hydrogens (tertiary/aromatic N) is 2. The molecular weight excluding hydrogens is 336 g/mol. The Morgan fingerprint density at radius 3 is 2.74 bits per heavy atom. The van der Waals surface area contributed by atoms with Crippen molar-refractivity contribution in [3.05, 3.63) is 89.1 Å². The van der Waals surface area contributed by atoms with Gasteiger partial charge in [0.05, 0.1) is 6.33 Å². The van der Waals surface area contributed by atoms with Gasteiger partial charge < -0.3 is 14.9 Å². The van der Waals surface area contributed by atoms with Gasteiger partial charge >= 0.3 is 0 Å². The normalized spacial score (nSPS) is 11.0. The number of hydrogen-bond donors (Lipinski definition) is 2. The number of aromatic nitrogens is 3. The average Bonchev–Trinajstić information content (AvgIpc) is 3.29. The highest BCUT2D eigenvalue weighted by atomic mass is 16.1. The lowest BCUT2D eigenvalue weighted by Gasteiger charge is -2.11. The van der Waals surface area contributed by atoms with Gasteiger partial charge in [0, 0.05) is 47.6 Å². The second-order valence-electron chi connectivity index (χ2n) is 6.82. The third kappa shape index (κ3) is 3.49. The summed E-state index contributed by atoms with van der Waals surface area (Å²) in [7, 11) is 0. The summed E-state index contributed by atoms with van der Waals surface area (Å²) in [6, 6.07) is 13.9. The van der Waals surface area contributed by atoms with Crippen LogP contribution in [0.2, 0.25) is 0 Å². The zero-order valence-electron chi connectivity index (χ0n) is 15.5. The van der Waals surface area contributed by atoms with Gasteiger partial charge in [0.15, 0.2) is 0 Å².